The second-order valence-electron chi connectivity index (χ2n) is 3.22. The predicted octanol–water partition coefficient (Wildman–Crippen LogP) is 1.14. The van der Waals surface area contributed by atoms with Crippen molar-refractivity contribution in [2.45, 2.75) is 0 Å². The quantitative estimate of drug-likeness (QED) is 0.567. The van der Waals surface area contributed by atoms with Crippen molar-refractivity contribution in [3.05, 3.63) is 54.6 Å². The van der Waals surface area contributed by atoms with Crippen molar-refractivity contribution >= 4 is 27.6 Å². The van der Waals surface area contributed by atoms with E-state index in [2.05, 4.69) is 36.4 Å². The Bertz CT molecular complexity index is 414. The first kappa shape index (κ1) is 12.8. The number of rotatable bonds is 3. The van der Waals surface area contributed by atoms with Gasteiger partial charge >= 0.3 is 0 Å². The van der Waals surface area contributed by atoms with E-state index < -0.39 is 0 Å². The topological polar surface area (TPSA) is 9.23 Å². The van der Waals surface area contributed by atoms with Gasteiger partial charge in [-0.2, -0.15) is 0 Å². The molecule has 0 N–H and O–H groups in total. The van der Waals surface area contributed by atoms with E-state index in [1.165, 1.54) is 10.6 Å². The molecular formula is C13H16BOP. The molecule has 2 aromatic rings. The average molecular weight is 230 g/mol. The number of benzene rings is 2. The molecule has 2 rings (SSSR count). The molecule has 0 bridgehead atoms. The maximum atomic E-state index is 5.12. The number of ether oxygens (including phenoxy) is 1. The van der Waals surface area contributed by atoms with Crippen LogP contribution in [0.15, 0.2) is 54.6 Å². The fourth-order valence-corrected chi connectivity index (χ4v) is 2.39. The van der Waals surface area contributed by atoms with Gasteiger partial charge in [0.1, 0.15) is 5.75 Å². The van der Waals surface area contributed by atoms with Crippen LogP contribution >= 0.6 is 8.58 Å². The van der Waals surface area contributed by atoms with Crippen molar-refractivity contribution < 1.29 is 4.74 Å². The fraction of sp³-hybridized carbons (Fsp3) is 0.0769. The van der Waals surface area contributed by atoms with Crippen LogP contribution in [-0.4, -0.2) is 15.5 Å². The molecule has 0 spiro atoms. The van der Waals surface area contributed by atoms with Gasteiger partial charge in [-0.25, -0.2) is 0 Å². The standard InChI is InChI=1S/C13H13OP.BH3/c1-14-11-7-9-13(10-8-11)15-12-5-3-2-4-6-12;/h2-10,15H,1H3;1H3. The zero-order valence-corrected chi connectivity index (χ0v) is 9.60. The van der Waals surface area contributed by atoms with E-state index in [0.29, 0.717) is 0 Å². The van der Waals surface area contributed by atoms with E-state index in [9.17, 15) is 0 Å². The minimum atomic E-state index is 0. The molecule has 0 aliphatic heterocycles. The highest BCUT2D eigenvalue weighted by Gasteiger charge is 1.95. The molecule has 1 nitrogen and oxygen atoms in total. The van der Waals surface area contributed by atoms with Crippen molar-refractivity contribution in [3.63, 3.8) is 0 Å². The zero-order chi connectivity index (χ0) is 10.5. The van der Waals surface area contributed by atoms with Crippen LogP contribution in [0.3, 0.4) is 0 Å². The first-order valence-corrected chi connectivity index (χ1v) is 5.84. The van der Waals surface area contributed by atoms with E-state index >= 15 is 0 Å². The molecule has 1 unspecified atom stereocenters. The van der Waals surface area contributed by atoms with Crippen molar-refractivity contribution in [1.29, 1.82) is 0 Å². The molecular weight excluding hydrogens is 214 g/mol. The van der Waals surface area contributed by atoms with Crippen LogP contribution < -0.4 is 15.3 Å². The van der Waals surface area contributed by atoms with E-state index in [4.69, 9.17) is 4.74 Å². The summed E-state index contributed by atoms with van der Waals surface area (Å²) in [6.45, 7) is 0. The summed E-state index contributed by atoms with van der Waals surface area (Å²) in [6.07, 6.45) is 0. The van der Waals surface area contributed by atoms with Crippen molar-refractivity contribution in [1.82, 2.24) is 0 Å². The van der Waals surface area contributed by atoms with Crippen LogP contribution in [0.2, 0.25) is 0 Å². The molecule has 0 radical (unpaired) electrons. The molecule has 2 aromatic carbocycles. The molecule has 0 saturated heterocycles. The highest BCUT2D eigenvalue weighted by Crippen LogP contribution is 2.13. The average Bonchev–Trinajstić information content (AvgIpc) is 2.31. The van der Waals surface area contributed by atoms with Gasteiger partial charge in [-0.15, -0.1) is 0 Å². The minimum absolute atomic E-state index is 0. The Morgan fingerprint density at radius 2 is 1.38 bits per heavy atom. The van der Waals surface area contributed by atoms with Gasteiger partial charge in [-0.1, -0.05) is 51.0 Å². The molecule has 82 valence electrons. The molecule has 16 heavy (non-hydrogen) atoms. The minimum Gasteiger partial charge on any atom is -0.497 e. The van der Waals surface area contributed by atoms with Gasteiger partial charge in [0.05, 0.1) is 15.5 Å². The lowest BCUT2D eigenvalue weighted by Gasteiger charge is -2.03. The maximum absolute atomic E-state index is 5.12. The summed E-state index contributed by atoms with van der Waals surface area (Å²) in [5, 5.41) is 2.70. The normalized spacial score (nSPS) is 10.1. The number of hydrogen-bond donors (Lipinski definition) is 0. The molecule has 0 saturated carbocycles. The SMILES string of the molecule is B.COc1ccc(Pc2ccccc2)cc1. The highest BCUT2D eigenvalue weighted by atomic mass is 31.1. The third kappa shape index (κ3) is 3.39. The van der Waals surface area contributed by atoms with Crippen molar-refractivity contribution in [2.75, 3.05) is 7.11 Å². The van der Waals surface area contributed by atoms with Crippen LogP contribution in [0.25, 0.3) is 0 Å². The molecule has 0 aliphatic rings. The van der Waals surface area contributed by atoms with Gasteiger partial charge in [0, 0.05) is 0 Å². The highest BCUT2D eigenvalue weighted by molar-refractivity contribution is 7.55. The first-order valence-electron chi connectivity index (χ1n) is 4.84. The Morgan fingerprint density at radius 1 is 0.812 bits per heavy atom. The molecule has 0 heterocycles. The fourth-order valence-electron chi connectivity index (χ4n) is 1.36. The molecule has 0 aliphatic carbocycles. The summed E-state index contributed by atoms with van der Waals surface area (Å²) >= 11 is 0. The van der Waals surface area contributed by atoms with E-state index in [-0.39, 0.29) is 8.41 Å². The third-order valence-electron chi connectivity index (χ3n) is 2.15. The summed E-state index contributed by atoms with van der Waals surface area (Å²) in [5.41, 5.74) is 0. The first-order chi connectivity index (χ1) is 7.38. The molecule has 0 aromatic heterocycles. The van der Waals surface area contributed by atoms with Crippen LogP contribution in [0.5, 0.6) is 5.75 Å². The molecule has 0 amide bonds. The summed E-state index contributed by atoms with van der Waals surface area (Å²) in [4.78, 5) is 0. The molecule has 3 heteroatoms. The zero-order valence-electron chi connectivity index (χ0n) is 8.60. The Morgan fingerprint density at radius 3 is 1.94 bits per heavy atom. The monoisotopic (exact) mass is 230 g/mol. The number of hydrogen-bond acceptors (Lipinski definition) is 1. The van der Waals surface area contributed by atoms with Crippen LogP contribution in [0.4, 0.5) is 0 Å². The van der Waals surface area contributed by atoms with Gasteiger partial charge in [0.25, 0.3) is 0 Å². The van der Waals surface area contributed by atoms with Gasteiger partial charge in [0.2, 0.25) is 0 Å². The number of methoxy groups -OCH3 is 1. The summed E-state index contributed by atoms with van der Waals surface area (Å²) in [6, 6.07) is 18.7. The van der Waals surface area contributed by atoms with E-state index in [0.717, 1.165) is 14.3 Å². The van der Waals surface area contributed by atoms with Gasteiger partial charge in [-0.3, -0.25) is 0 Å². The predicted molar refractivity (Wildman–Crippen MR) is 77.0 cm³/mol. The molecule has 1 atom stereocenters. The van der Waals surface area contributed by atoms with Gasteiger partial charge < -0.3 is 4.74 Å². The van der Waals surface area contributed by atoms with E-state index in [1.54, 1.807) is 7.11 Å². The van der Waals surface area contributed by atoms with Crippen LogP contribution in [0.1, 0.15) is 0 Å². The summed E-state index contributed by atoms with van der Waals surface area (Å²) in [5.74, 6) is 0.914. The summed E-state index contributed by atoms with van der Waals surface area (Å²) < 4.78 is 5.12. The van der Waals surface area contributed by atoms with Gasteiger partial charge in [-0.05, 0) is 22.7 Å². The van der Waals surface area contributed by atoms with Gasteiger partial charge in [0.15, 0.2) is 0 Å². The summed E-state index contributed by atoms with van der Waals surface area (Å²) in [7, 11) is 2.41. The van der Waals surface area contributed by atoms with E-state index in [1.807, 2.05) is 18.2 Å². The molecule has 0 fully saturated rings. The Hall–Kier alpha value is -1.27. The smallest absolute Gasteiger partial charge is 0.118 e. The lowest BCUT2D eigenvalue weighted by atomic mass is 10.3. The lowest BCUT2D eigenvalue weighted by Crippen LogP contribution is -2.02. The Kier molecular flexibility index (Phi) is 5.08. The lowest BCUT2D eigenvalue weighted by molar-refractivity contribution is 0.415. The Labute approximate surface area is 100 Å². The third-order valence-corrected chi connectivity index (χ3v) is 3.40. The Balaban J connectivity index is 0.00000128. The second-order valence-corrected chi connectivity index (χ2v) is 4.62. The largest absolute Gasteiger partial charge is 0.497 e. The maximum Gasteiger partial charge on any atom is 0.118 e. The van der Waals surface area contributed by atoms with Crippen molar-refractivity contribution in [3.8, 4) is 5.75 Å². The van der Waals surface area contributed by atoms with Crippen LogP contribution in [0, 0.1) is 0 Å². The van der Waals surface area contributed by atoms with Crippen molar-refractivity contribution in [2.24, 2.45) is 0 Å². The van der Waals surface area contributed by atoms with Crippen LogP contribution in [-0.2, 0) is 0 Å². The second kappa shape index (κ2) is 6.35.